The van der Waals surface area contributed by atoms with E-state index in [-0.39, 0.29) is 5.43 Å². The molecule has 0 aliphatic carbocycles. The van der Waals surface area contributed by atoms with Crippen molar-refractivity contribution in [3.8, 4) is 0 Å². The monoisotopic (exact) mass is 190 g/mol. The minimum Gasteiger partial charge on any atom is -0.315 e. The van der Waals surface area contributed by atoms with Crippen molar-refractivity contribution >= 4 is 5.65 Å². The van der Waals surface area contributed by atoms with Gasteiger partial charge in [-0.15, -0.1) is 0 Å². The minimum absolute atomic E-state index is 0.00642. The van der Waals surface area contributed by atoms with Crippen LogP contribution in [0.5, 0.6) is 0 Å². The van der Waals surface area contributed by atoms with Gasteiger partial charge in [0, 0.05) is 37.3 Å². The van der Waals surface area contributed by atoms with E-state index in [1.165, 1.54) is 0 Å². The van der Waals surface area contributed by atoms with Crippen molar-refractivity contribution in [2.24, 2.45) is 0 Å². The van der Waals surface area contributed by atoms with E-state index in [2.05, 4.69) is 15.5 Å². The molecule has 0 radical (unpaired) electrons. The third-order valence-corrected chi connectivity index (χ3v) is 2.60. The summed E-state index contributed by atoms with van der Waals surface area (Å²) < 4.78 is 1.94. The molecule has 0 unspecified atom stereocenters. The van der Waals surface area contributed by atoms with Crippen LogP contribution in [0.3, 0.4) is 0 Å². The SMILES string of the molecule is O=c1ccn2c(C3CNC3)n[nH]c2c1. The number of nitrogens with zero attached hydrogens (tertiary/aromatic N) is 2. The highest BCUT2D eigenvalue weighted by Crippen LogP contribution is 2.17. The van der Waals surface area contributed by atoms with Gasteiger partial charge in [0.2, 0.25) is 0 Å². The molecule has 3 heterocycles. The quantitative estimate of drug-likeness (QED) is 0.649. The van der Waals surface area contributed by atoms with Gasteiger partial charge in [0.1, 0.15) is 11.5 Å². The molecule has 0 spiro atoms. The van der Waals surface area contributed by atoms with Crippen LogP contribution in [0.25, 0.3) is 5.65 Å². The van der Waals surface area contributed by atoms with Crippen molar-refractivity contribution in [1.29, 1.82) is 0 Å². The molecule has 2 N–H and O–H groups in total. The molecule has 1 aliphatic heterocycles. The number of nitrogens with one attached hydrogen (secondary N) is 2. The van der Waals surface area contributed by atoms with E-state index in [9.17, 15) is 4.79 Å². The molecule has 0 bridgehead atoms. The third kappa shape index (κ3) is 0.990. The topological polar surface area (TPSA) is 62.2 Å². The van der Waals surface area contributed by atoms with Crippen molar-refractivity contribution in [3.05, 3.63) is 34.4 Å². The minimum atomic E-state index is 0.00642. The molecular weight excluding hydrogens is 180 g/mol. The van der Waals surface area contributed by atoms with Gasteiger partial charge in [0.25, 0.3) is 0 Å². The third-order valence-electron chi connectivity index (χ3n) is 2.60. The highest BCUT2D eigenvalue weighted by molar-refractivity contribution is 5.38. The molecule has 3 rings (SSSR count). The predicted octanol–water partition coefficient (Wildman–Crippen LogP) is -0.291. The Bertz CT molecular complexity index is 523. The number of pyridine rings is 1. The molecule has 1 fully saturated rings. The van der Waals surface area contributed by atoms with E-state index >= 15 is 0 Å². The summed E-state index contributed by atoms with van der Waals surface area (Å²) in [5.41, 5.74) is 0.770. The Morgan fingerprint density at radius 1 is 1.50 bits per heavy atom. The highest BCUT2D eigenvalue weighted by Gasteiger charge is 2.23. The second kappa shape index (κ2) is 2.68. The van der Waals surface area contributed by atoms with Crippen molar-refractivity contribution < 1.29 is 0 Å². The van der Waals surface area contributed by atoms with E-state index in [4.69, 9.17) is 0 Å². The average molecular weight is 190 g/mol. The zero-order valence-electron chi connectivity index (χ0n) is 7.53. The molecule has 5 nitrogen and oxygen atoms in total. The maximum atomic E-state index is 11.1. The fourth-order valence-corrected chi connectivity index (χ4v) is 1.69. The van der Waals surface area contributed by atoms with Crippen LogP contribution in [-0.4, -0.2) is 27.7 Å². The predicted molar refractivity (Wildman–Crippen MR) is 51.4 cm³/mol. The zero-order valence-corrected chi connectivity index (χ0v) is 7.53. The van der Waals surface area contributed by atoms with Gasteiger partial charge in [-0.1, -0.05) is 0 Å². The molecule has 14 heavy (non-hydrogen) atoms. The molecule has 0 saturated carbocycles. The van der Waals surface area contributed by atoms with Gasteiger partial charge in [-0.05, 0) is 0 Å². The second-order valence-electron chi connectivity index (χ2n) is 3.55. The Hall–Kier alpha value is -1.62. The van der Waals surface area contributed by atoms with Gasteiger partial charge in [-0.3, -0.25) is 14.3 Å². The smallest absolute Gasteiger partial charge is 0.183 e. The van der Waals surface area contributed by atoms with E-state index < -0.39 is 0 Å². The first-order valence-corrected chi connectivity index (χ1v) is 4.62. The van der Waals surface area contributed by atoms with Gasteiger partial charge in [0.05, 0.1) is 0 Å². The largest absolute Gasteiger partial charge is 0.315 e. The Kier molecular flexibility index (Phi) is 1.49. The van der Waals surface area contributed by atoms with Crippen LogP contribution in [0.4, 0.5) is 0 Å². The number of H-pyrrole nitrogens is 1. The normalized spacial score (nSPS) is 17.1. The standard InChI is InChI=1S/C9H10N4O/c14-7-1-2-13-8(3-7)11-12-9(13)6-4-10-5-6/h1-3,6,10-11H,4-5H2. The number of aromatic nitrogens is 3. The molecule has 0 aromatic carbocycles. The number of hydrogen-bond acceptors (Lipinski definition) is 3. The van der Waals surface area contributed by atoms with E-state index in [1.807, 2.05) is 4.40 Å². The molecule has 1 aliphatic rings. The number of hydrogen-bond donors (Lipinski definition) is 2. The number of aromatic amines is 1. The first-order valence-electron chi connectivity index (χ1n) is 4.62. The molecule has 2 aromatic heterocycles. The molecule has 5 heteroatoms. The molecule has 72 valence electrons. The molecule has 2 aromatic rings. The van der Waals surface area contributed by atoms with Crippen LogP contribution >= 0.6 is 0 Å². The summed E-state index contributed by atoms with van der Waals surface area (Å²) in [5, 5.41) is 10.3. The summed E-state index contributed by atoms with van der Waals surface area (Å²) in [5.74, 6) is 1.46. The van der Waals surface area contributed by atoms with E-state index in [1.54, 1.807) is 18.3 Å². The highest BCUT2D eigenvalue weighted by atomic mass is 16.1. The fraction of sp³-hybridized carbons (Fsp3) is 0.333. The first-order chi connectivity index (χ1) is 6.84. The maximum Gasteiger partial charge on any atom is 0.183 e. The van der Waals surface area contributed by atoms with Gasteiger partial charge < -0.3 is 5.32 Å². The lowest BCUT2D eigenvalue weighted by molar-refractivity contribution is 0.427. The summed E-state index contributed by atoms with van der Waals surface area (Å²) in [6, 6.07) is 3.11. The first kappa shape index (κ1) is 7.75. The van der Waals surface area contributed by atoms with Crippen molar-refractivity contribution in [2.75, 3.05) is 13.1 Å². The summed E-state index contributed by atoms with van der Waals surface area (Å²) in [7, 11) is 0. The number of rotatable bonds is 1. The molecular formula is C9H10N4O. The fourth-order valence-electron chi connectivity index (χ4n) is 1.69. The van der Waals surface area contributed by atoms with Crippen LogP contribution in [0.15, 0.2) is 23.1 Å². The van der Waals surface area contributed by atoms with Crippen LogP contribution in [0, 0.1) is 0 Å². The zero-order chi connectivity index (χ0) is 9.54. The van der Waals surface area contributed by atoms with Gasteiger partial charge in [0.15, 0.2) is 5.43 Å². The van der Waals surface area contributed by atoms with Crippen molar-refractivity contribution in [3.63, 3.8) is 0 Å². The lowest BCUT2D eigenvalue weighted by Gasteiger charge is -2.25. The van der Waals surface area contributed by atoms with Crippen LogP contribution in [-0.2, 0) is 0 Å². The summed E-state index contributed by atoms with van der Waals surface area (Å²) in [6.45, 7) is 1.93. The van der Waals surface area contributed by atoms with E-state index in [0.717, 1.165) is 24.6 Å². The second-order valence-corrected chi connectivity index (χ2v) is 3.55. The Balaban J connectivity index is 2.20. The average Bonchev–Trinajstić information content (AvgIpc) is 2.45. The van der Waals surface area contributed by atoms with E-state index in [0.29, 0.717) is 5.92 Å². The van der Waals surface area contributed by atoms with Gasteiger partial charge in [-0.2, -0.15) is 5.10 Å². The van der Waals surface area contributed by atoms with Gasteiger partial charge >= 0.3 is 0 Å². The summed E-state index contributed by atoms with van der Waals surface area (Å²) >= 11 is 0. The summed E-state index contributed by atoms with van der Waals surface area (Å²) in [4.78, 5) is 11.1. The maximum absolute atomic E-state index is 11.1. The van der Waals surface area contributed by atoms with Crippen molar-refractivity contribution in [2.45, 2.75) is 5.92 Å². The molecule has 0 atom stereocenters. The Morgan fingerprint density at radius 2 is 2.36 bits per heavy atom. The molecule has 1 saturated heterocycles. The number of fused-ring (bicyclic) bond motifs is 1. The molecule has 0 amide bonds. The van der Waals surface area contributed by atoms with Crippen LogP contribution < -0.4 is 10.7 Å². The summed E-state index contributed by atoms with van der Waals surface area (Å²) in [6.07, 6.45) is 1.77. The lowest BCUT2D eigenvalue weighted by Crippen LogP contribution is -2.40. The van der Waals surface area contributed by atoms with Crippen LogP contribution in [0.1, 0.15) is 11.7 Å². The Morgan fingerprint density at radius 3 is 3.07 bits per heavy atom. The van der Waals surface area contributed by atoms with Crippen molar-refractivity contribution in [1.82, 2.24) is 19.9 Å². The lowest BCUT2D eigenvalue weighted by atomic mass is 10.0. The Labute approximate surface area is 79.8 Å². The van der Waals surface area contributed by atoms with Gasteiger partial charge in [-0.25, -0.2) is 0 Å². The van der Waals surface area contributed by atoms with Crippen LogP contribution in [0.2, 0.25) is 0 Å².